The van der Waals surface area contributed by atoms with Crippen LogP contribution in [0.15, 0.2) is 95.9 Å². The first-order valence-electron chi connectivity index (χ1n) is 17.8. The number of rotatable bonds is 3. The van der Waals surface area contributed by atoms with Gasteiger partial charge < -0.3 is 0 Å². The number of nitrogens with zero attached hydrogens (tertiary/aromatic N) is 2. The van der Waals surface area contributed by atoms with Crippen LogP contribution in [0.25, 0.3) is 56.7 Å². The van der Waals surface area contributed by atoms with Crippen LogP contribution in [0.4, 0.5) is 0 Å². The van der Waals surface area contributed by atoms with E-state index in [1.54, 1.807) is 22.7 Å². The van der Waals surface area contributed by atoms with Crippen LogP contribution in [0.5, 0.6) is 0 Å². The SMILES string of the molecule is CC1(C)c2cc(-c3cccs3)ccc2-c2sc3c4c(sc3c21)-c1ccc(-c2ccc(C3CC35C(=O)c3ccccc3C5=C(C#N)C#N)s2)cc1C4(C)C. The Hall–Kier alpha value is -4.89. The van der Waals surface area contributed by atoms with Crippen molar-refractivity contribution in [2.75, 3.05) is 0 Å². The van der Waals surface area contributed by atoms with Crippen molar-refractivity contribution < 1.29 is 4.79 Å². The van der Waals surface area contributed by atoms with Gasteiger partial charge in [0, 0.05) is 52.3 Å². The average molecular weight is 755 g/mol. The van der Waals surface area contributed by atoms with Gasteiger partial charge in [0.1, 0.15) is 17.7 Å². The molecule has 7 heteroatoms. The maximum atomic E-state index is 13.9. The fourth-order valence-corrected chi connectivity index (χ4v) is 15.3. The van der Waals surface area contributed by atoms with E-state index in [9.17, 15) is 15.3 Å². The largest absolute Gasteiger partial charge is 0.293 e. The first-order chi connectivity index (χ1) is 25.6. The molecule has 3 nitrogen and oxygen atoms in total. The molecule has 4 aliphatic carbocycles. The van der Waals surface area contributed by atoms with Crippen LogP contribution in [0.2, 0.25) is 0 Å². The highest BCUT2D eigenvalue weighted by atomic mass is 32.1. The van der Waals surface area contributed by atoms with Gasteiger partial charge in [-0.25, -0.2) is 0 Å². The lowest BCUT2D eigenvalue weighted by Crippen LogP contribution is -2.15. The molecule has 11 rings (SSSR count). The van der Waals surface area contributed by atoms with Crippen molar-refractivity contribution in [1.29, 1.82) is 10.5 Å². The number of carbonyl (C=O) groups excluding carboxylic acids is 1. The average Bonchev–Trinajstić information content (AvgIpc) is 3.85. The molecule has 4 aromatic heterocycles. The van der Waals surface area contributed by atoms with Gasteiger partial charge >= 0.3 is 0 Å². The van der Waals surface area contributed by atoms with Gasteiger partial charge in [-0.1, -0.05) is 82.3 Å². The van der Waals surface area contributed by atoms with Gasteiger partial charge in [-0.3, -0.25) is 4.79 Å². The Labute approximate surface area is 323 Å². The topological polar surface area (TPSA) is 64.7 Å². The molecule has 7 aromatic rings. The fourth-order valence-electron chi connectivity index (χ4n) is 9.80. The zero-order valence-corrected chi connectivity index (χ0v) is 32.6. The van der Waals surface area contributed by atoms with E-state index in [-0.39, 0.29) is 28.1 Å². The van der Waals surface area contributed by atoms with E-state index in [0.29, 0.717) is 17.6 Å². The van der Waals surface area contributed by atoms with Gasteiger partial charge in [-0.2, -0.15) is 10.5 Å². The number of fused-ring (bicyclic) bond motifs is 10. The number of ketones is 1. The summed E-state index contributed by atoms with van der Waals surface area (Å²) in [6.45, 7) is 9.58. The van der Waals surface area contributed by atoms with Crippen LogP contribution in [-0.2, 0) is 10.8 Å². The number of hydrogen-bond donors (Lipinski definition) is 0. The highest BCUT2D eigenvalue weighted by Gasteiger charge is 2.67. The molecule has 4 aliphatic rings. The van der Waals surface area contributed by atoms with Crippen LogP contribution in [-0.4, -0.2) is 5.78 Å². The van der Waals surface area contributed by atoms with Gasteiger partial charge in [0.15, 0.2) is 5.78 Å². The minimum Gasteiger partial charge on any atom is -0.293 e. The van der Waals surface area contributed by atoms with Crippen molar-refractivity contribution in [1.82, 2.24) is 0 Å². The highest BCUT2D eigenvalue weighted by molar-refractivity contribution is 7.32. The van der Waals surface area contributed by atoms with Crippen molar-refractivity contribution in [3.63, 3.8) is 0 Å². The lowest BCUT2D eigenvalue weighted by molar-refractivity contribution is 0.0942. The van der Waals surface area contributed by atoms with Gasteiger partial charge in [0.25, 0.3) is 0 Å². The lowest BCUT2D eigenvalue weighted by Gasteiger charge is -2.23. The summed E-state index contributed by atoms with van der Waals surface area (Å²) in [4.78, 5) is 20.4. The third-order valence-electron chi connectivity index (χ3n) is 12.4. The molecule has 0 saturated heterocycles. The second kappa shape index (κ2) is 10.4. The third-order valence-corrected chi connectivity index (χ3v) is 17.2. The quantitative estimate of drug-likeness (QED) is 0.169. The minimum atomic E-state index is -0.825. The van der Waals surface area contributed by atoms with E-state index in [2.05, 4.69) is 106 Å². The van der Waals surface area contributed by atoms with Crippen molar-refractivity contribution in [2.24, 2.45) is 5.41 Å². The van der Waals surface area contributed by atoms with Crippen LogP contribution in [0.3, 0.4) is 0 Å². The summed E-state index contributed by atoms with van der Waals surface area (Å²) in [6.07, 6.45) is 0.623. The minimum absolute atomic E-state index is 0.0392. The summed E-state index contributed by atoms with van der Waals surface area (Å²) in [5, 5.41) is 21.9. The molecule has 254 valence electrons. The smallest absolute Gasteiger partial charge is 0.174 e. The molecule has 0 amide bonds. The van der Waals surface area contributed by atoms with E-state index < -0.39 is 5.41 Å². The third kappa shape index (κ3) is 3.88. The second-order valence-corrected chi connectivity index (χ2v) is 19.9. The molecule has 0 radical (unpaired) electrons. The Morgan fingerprint density at radius 2 is 1.28 bits per heavy atom. The fraction of sp³-hybridized carbons (Fsp3) is 0.196. The van der Waals surface area contributed by atoms with Gasteiger partial charge in [-0.05, 0) is 92.2 Å². The maximum absolute atomic E-state index is 13.9. The summed E-state index contributed by atoms with van der Waals surface area (Å²) in [5.74, 6) is -0.00574. The Kier molecular flexibility index (Phi) is 6.21. The molecule has 2 atom stereocenters. The molecule has 1 spiro atoms. The van der Waals surface area contributed by atoms with E-state index in [1.165, 1.54) is 73.4 Å². The van der Waals surface area contributed by atoms with E-state index in [4.69, 9.17) is 0 Å². The first kappa shape index (κ1) is 31.6. The maximum Gasteiger partial charge on any atom is 0.174 e. The molecule has 0 bridgehead atoms. The molecule has 53 heavy (non-hydrogen) atoms. The highest BCUT2D eigenvalue weighted by Crippen LogP contribution is 2.72. The molecule has 1 fully saturated rings. The van der Waals surface area contributed by atoms with E-state index in [1.807, 2.05) is 46.9 Å². The predicted octanol–water partition coefficient (Wildman–Crippen LogP) is 13.2. The van der Waals surface area contributed by atoms with Crippen LogP contribution < -0.4 is 0 Å². The Bertz CT molecular complexity index is 2910. The van der Waals surface area contributed by atoms with Crippen molar-refractivity contribution in [2.45, 2.75) is 50.9 Å². The zero-order chi connectivity index (χ0) is 36.2. The molecule has 0 aliphatic heterocycles. The normalized spacial score (nSPS) is 20.5. The van der Waals surface area contributed by atoms with Crippen molar-refractivity contribution >= 4 is 66.1 Å². The van der Waals surface area contributed by atoms with Crippen molar-refractivity contribution in [3.05, 3.63) is 134 Å². The van der Waals surface area contributed by atoms with Gasteiger partial charge in [0.05, 0.1) is 14.8 Å². The number of carbonyl (C=O) groups is 1. The molecule has 0 N–H and O–H groups in total. The van der Waals surface area contributed by atoms with Crippen LogP contribution in [0, 0.1) is 28.1 Å². The zero-order valence-electron chi connectivity index (χ0n) is 29.4. The number of thiophene rings is 4. The van der Waals surface area contributed by atoms with E-state index in [0.717, 1.165) is 10.4 Å². The van der Waals surface area contributed by atoms with Crippen molar-refractivity contribution in [3.8, 4) is 53.9 Å². The second-order valence-electron chi connectivity index (χ2n) is 15.8. The lowest BCUT2D eigenvalue weighted by atomic mass is 9.80. The van der Waals surface area contributed by atoms with E-state index >= 15 is 0 Å². The van der Waals surface area contributed by atoms with Crippen LogP contribution >= 0.6 is 45.3 Å². The molecule has 2 unspecified atom stereocenters. The number of benzene rings is 3. The molecular weight excluding hydrogens is 725 g/mol. The summed E-state index contributed by atoms with van der Waals surface area (Å²) in [6, 6.07) is 34.4. The van der Waals surface area contributed by atoms with Gasteiger partial charge in [-0.15, -0.1) is 45.3 Å². The number of hydrogen-bond acceptors (Lipinski definition) is 7. The van der Waals surface area contributed by atoms with Gasteiger partial charge in [0.2, 0.25) is 0 Å². The van der Waals surface area contributed by atoms with Crippen LogP contribution in [0.1, 0.15) is 83.1 Å². The number of nitriles is 2. The number of Topliss-reactive ketones (excluding diaryl/α,β-unsaturated/α-hetero) is 1. The Morgan fingerprint density at radius 1 is 0.679 bits per heavy atom. The summed E-state index contributed by atoms with van der Waals surface area (Å²) in [5.41, 5.74) is 12.0. The molecule has 3 aromatic carbocycles. The molecule has 1 saturated carbocycles. The molecular formula is C46H30N2OS4. The Morgan fingerprint density at radius 3 is 1.87 bits per heavy atom. The summed E-state index contributed by atoms with van der Waals surface area (Å²) >= 11 is 7.50. The summed E-state index contributed by atoms with van der Waals surface area (Å²) < 4.78 is 2.89. The first-order valence-corrected chi connectivity index (χ1v) is 21.2. The summed E-state index contributed by atoms with van der Waals surface area (Å²) in [7, 11) is 0. The monoisotopic (exact) mass is 754 g/mol. The standard InChI is InChI=1S/C46H30N2OS4/c1-44(2)30-18-23(33-10-7-17-50-33)11-13-28(30)39-37(44)41-42(52-39)38-40(53-41)29-14-12-24(19-31(29)45(38,3)4)34-15-16-35(51-34)32-20-46(32)36(25(21-47)22-48)26-8-5-6-9-27(26)43(46)49/h5-19,32H,20H2,1-4H3. The Balaban J connectivity index is 0.955. The number of allylic oxidation sites excluding steroid dienone is 2. The predicted molar refractivity (Wildman–Crippen MR) is 220 cm³/mol. The molecule has 4 heterocycles.